The maximum Gasteiger partial charge on any atom is 0.410 e. The summed E-state index contributed by atoms with van der Waals surface area (Å²) in [7, 11) is 2.45. The van der Waals surface area contributed by atoms with E-state index in [1.165, 1.54) is 14.2 Å². The third-order valence-electron chi connectivity index (χ3n) is 12.5. The van der Waals surface area contributed by atoms with Crippen LogP contribution in [0, 0.1) is 25.5 Å². The number of hydrogen-bond donors (Lipinski definition) is 5. The second-order valence-corrected chi connectivity index (χ2v) is 22.1. The molecule has 2 atom stereocenters. The van der Waals surface area contributed by atoms with Gasteiger partial charge in [-0.1, -0.05) is 39.3 Å². The van der Waals surface area contributed by atoms with Crippen molar-refractivity contribution in [2.45, 2.75) is 118 Å². The van der Waals surface area contributed by atoms with Crippen molar-refractivity contribution in [2.24, 2.45) is 0 Å². The van der Waals surface area contributed by atoms with Crippen LogP contribution in [0.2, 0.25) is 5.15 Å². The zero-order valence-electron chi connectivity index (χ0n) is 47.9. The zero-order valence-corrected chi connectivity index (χ0v) is 48.7. The molecule has 8 rings (SSSR count). The highest BCUT2D eigenvalue weighted by atomic mass is 35.5. The van der Waals surface area contributed by atoms with Gasteiger partial charge in [-0.3, -0.25) is 38.7 Å². The molecule has 0 saturated carbocycles. The van der Waals surface area contributed by atoms with E-state index in [9.17, 15) is 28.8 Å². The number of aromatic amines is 2. The summed E-state index contributed by atoms with van der Waals surface area (Å²) in [5.74, 6) is -3.18. The highest BCUT2D eigenvalue weighted by Crippen LogP contribution is 2.34. The number of aryl methyl sites for hydroxylation is 2. The number of H-pyrrole nitrogens is 2. The Morgan fingerprint density at radius 3 is 1.54 bits per heavy atom. The Kier molecular flexibility index (Phi) is 20.0. The monoisotopic (exact) mass is 1150 g/mol. The van der Waals surface area contributed by atoms with Crippen molar-refractivity contribution in [3.8, 4) is 29.0 Å². The van der Waals surface area contributed by atoms with E-state index in [0.717, 1.165) is 9.13 Å². The number of rotatable bonds is 10. The highest BCUT2D eigenvalue weighted by Gasteiger charge is 2.32. The number of methoxy groups -OCH3 is 2. The number of piperazine rings is 2. The minimum absolute atomic E-state index is 0.0160. The summed E-state index contributed by atoms with van der Waals surface area (Å²) >= 11 is 6.06. The summed E-state index contributed by atoms with van der Waals surface area (Å²) < 4.78 is 59.8. The molecule has 0 aromatic carbocycles. The van der Waals surface area contributed by atoms with E-state index in [-0.39, 0.29) is 82.6 Å². The molecule has 440 valence electrons. The molecule has 2 aliphatic heterocycles. The predicted molar refractivity (Wildman–Crippen MR) is 299 cm³/mol. The summed E-state index contributed by atoms with van der Waals surface area (Å²) in [5, 5.41) is 14.6. The number of aliphatic hydroxyl groups excluding tert-OH is 1. The van der Waals surface area contributed by atoms with Gasteiger partial charge in [0.1, 0.15) is 44.8 Å². The molecule has 8 heterocycles. The molecule has 2 amide bonds. The lowest BCUT2D eigenvalue weighted by Gasteiger charge is -2.34. The number of halogens is 3. The van der Waals surface area contributed by atoms with Crippen LogP contribution in [0.3, 0.4) is 0 Å². The van der Waals surface area contributed by atoms with E-state index >= 15 is 8.78 Å². The minimum Gasteiger partial charge on any atom is -0.479 e. The lowest BCUT2D eigenvalue weighted by atomic mass is 10.0. The van der Waals surface area contributed by atoms with Gasteiger partial charge in [0, 0.05) is 57.7 Å². The zero-order chi connectivity index (χ0) is 60.0. The normalized spacial score (nSPS) is 15.7. The Labute approximate surface area is 470 Å². The van der Waals surface area contributed by atoms with E-state index in [4.69, 9.17) is 40.4 Å². The van der Waals surface area contributed by atoms with Crippen molar-refractivity contribution in [1.82, 2.24) is 59.5 Å². The number of aromatic nitrogens is 8. The highest BCUT2D eigenvalue weighted by molar-refractivity contribution is 6.34. The largest absolute Gasteiger partial charge is 0.479 e. The Morgan fingerprint density at radius 2 is 1.11 bits per heavy atom. The Morgan fingerprint density at radius 1 is 0.691 bits per heavy atom. The van der Waals surface area contributed by atoms with Gasteiger partial charge < -0.3 is 49.2 Å². The number of amides is 2. The first-order valence-electron chi connectivity index (χ1n) is 26.1. The standard InChI is InChI=1S/C27H35FN6O6.C17H16ClFN4O3.C10H20N2O3/c1-14(2)19-20(15(3)8-9-30-19)34-21-17(22(35)31-25(34)36)23(32-24(38-7)18(21)28)39-13-16-12-33(11-10-29-16)26(37)40-27(4,5)6;1-7(2)11-12(8(3)5-6-20-11)23-13-9(15(24)22-17(23)25)14(18)21-16(26-4)10(13)19;1-10(2,3)15-9(14)12-5-4-11-8(6-12)7-13/h8-9,14,16,29H,10-13H2,1-7H3,(H,31,35,36);5-7H,1-4H3,(H,22,24,25);8,11,13H,4-7H2,1-3H3/t16-;;8-/m1.1/s1. The average molecular weight is 1150 g/mol. The number of nitrogens with zero attached hydrogens (tertiary/aromatic N) is 8. The number of ether oxygens (including phenoxy) is 5. The number of carbonyl (C=O) groups excluding carboxylic acids is 2. The average Bonchev–Trinajstić information content (AvgIpc) is 3.19. The van der Waals surface area contributed by atoms with Crippen molar-refractivity contribution < 1.29 is 47.2 Å². The van der Waals surface area contributed by atoms with Crippen LogP contribution in [0.15, 0.2) is 43.7 Å². The van der Waals surface area contributed by atoms with Gasteiger partial charge in [-0.25, -0.2) is 19.2 Å². The van der Waals surface area contributed by atoms with E-state index < -0.39 is 63.2 Å². The summed E-state index contributed by atoms with van der Waals surface area (Å²) in [6.07, 6.45) is 2.47. The van der Waals surface area contributed by atoms with Crippen molar-refractivity contribution in [3.05, 3.63) is 106 Å². The molecule has 6 aromatic heterocycles. The molecule has 0 bridgehead atoms. The van der Waals surface area contributed by atoms with E-state index in [1.807, 2.05) is 48.5 Å². The summed E-state index contributed by atoms with van der Waals surface area (Å²) in [4.78, 5) is 99.6. The van der Waals surface area contributed by atoms with Crippen LogP contribution in [-0.4, -0.2) is 156 Å². The molecule has 6 aromatic rings. The molecule has 81 heavy (non-hydrogen) atoms. The van der Waals surface area contributed by atoms with Crippen LogP contribution < -0.4 is 47.3 Å². The molecule has 5 N–H and O–H groups in total. The van der Waals surface area contributed by atoms with Gasteiger partial charge in [0.25, 0.3) is 22.9 Å². The van der Waals surface area contributed by atoms with Gasteiger partial charge in [0.05, 0.1) is 49.6 Å². The summed E-state index contributed by atoms with van der Waals surface area (Å²) in [5.41, 5.74) is -1.86. The smallest absolute Gasteiger partial charge is 0.410 e. The van der Waals surface area contributed by atoms with E-state index in [2.05, 4.69) is 40.5 Å². The lowest BCUT2D eigenvalue weighted by molar-refractivity contribution is 0.0165. The Bertz CT molecular complexity index is 3540. The summed E-state index contributed by atoms with van der Waals surface area (Å²) in [6.45, 7) is 25.1. The molecule has 0 aliphatic carbocycles. The van der Waals surface area contributed by atoms with E-state index in [1.54, 1.807) is 68.9 Å². The maximum absolute atomic E-state index is 15.8. The fraction of sp³-hybridized carbons (Fsp3) is 0.519. The fourth-order valence-corrected chi connectivity index (χ4v) is 9.14. The van der Waals surface area contributed by atoms with Crippen molar-refractivity contribution >= 4 is 45.6 Å². The quantitative estimate of drug-likeness (QED) is 0.105. The number of carbonyl (C=O) groups is 2. The van der Waals surface area contributed by atoms with Crippen LogP contribution in [-0.2, 0) is 9.47 Å². The number of fused-ring (bicyclic) bond motifs is 2. The molecular weight excluding hydrogens is 1080 g/mol. The molecule has 24 nitrogen and oxygen atoms in total. The lowest BCUT2D eigenvalue weighted by Crippen LogP contribution is -2.55. The third-order valence-corrected chi connectivity index (χ3v) is 12.8. The second kappa shape index (κ2) is 25.9. The first-order valence-corrected chi connectivity index (χ1v) is 26.5. The van der Waals surface area contributed by atoms with Crippen LogP contribution in [0.4, 0.5) is 18.4 Å². The maximum atomic E-state index is 15.8. The van der Waals surface area contributed by atoms with Gasteiger partial charge >= 0.3 is 23.6 Å². The molecule has 0 unspecified atom stereocenters. The molecule has 2 saturated heterocycles. The fourth-order valence-electron chi connectivity index (χ4n) is 8.89. The summed E-state index contributed by atoms with van der Waals surface area (Å²) in [6, 6.07) is 3.02. The van der Waals surface area contributed by atoms with Gasteiger partial charge in [-0.05, 0) is 90.5 Å². The first-order chi connectivity index (χ1) is 38.0. The Balaban J connectivity index is 0.000000219. The van der Waals surface area contributed by atoms with Crippen LogP contribution >= 0.6 is 11.6 Å². The first kappa shape index (κ1) is 62.6. The predicted octanol–water partition coefficient (Wildman–Crippen LogP) is 5.53. The number of pyridine rings is 4. The van der Waals surface area contributed by atoms with E-state index in [0.29, 0.717) is 66.6 Å². The number of aliphatic hydroxyl groups is 1. The van der Waals surface area contributed by atoms with Gasteiger partial charge in [0.15, 0.2) is 0 Å². The molecular formula is C54H71ClF2N12O12. The second-order valence-electron chi connectivity index (χ2n) is 21.8. The molecule has 2 aliphatic rings. The van der Waals surface area contributed by atoms with Crippen molar-refractivity contribution in [2.75, 3.05) is 66.7 Å². The molecule has 2 fully saturated rings. The Hall–Kier alpha value is -7.55. The molecule has 0 radical (unpaired) electrons. The molecule has 27 heteroatoms. The van der Waals surface area contributed by atoms with Gasteiger partial charge in [0.2, 0.25) is 17.5 Å². The SMILES string of the molecule is CC(C)(C)OC(=O)N1CCN[C@@H](CO)C1.COc1nc(Cl)c2c(=O)[nH]c(=O)n(-c3c(C)ccnc3C(C)C)c2c1F.COc1nc(OC[C@H]2CN(C(=O)OC(C)(C)C)CCN2)c2c(=O)[nH]c(=O)n(-c3c(C)ccnc3C(C)C)c2c1F. The van der Waals surface area contributed by atoms with Crippen LogP contribution in [0.1, 0.15) is 104 Å². The molecule has 0 spiro atoms. The van der Waals surface area contributed by atoms with Crippen LogP contribution in [0.25, 0.3) is 33.2 Å². The minimum atomic E-state index is -0.988. The topological polar surface area (TPSA) is 292 Å². The van der Waals surface area contributed by atoms with Gasteiger partial charge in [-0.2, -0.15) is 18.7 Å². The third kappa shape index (κ3) is 14.5. The van der Waals surface area contributed by atoms with Crippen molar-refractivity contribution in [3.63, 3.8) is 0 Å². The van der Waals surface area contributed by atoms with Crippen molar-refractivity contribution in [1.29, 1.82) is 0 Å². The number of nitrogens with one attached hydrogen (secondary N) is 4. The number of hydrogen-bond acceptors (Lipinski definition) is 18. The van der Waals surface area contributed by atoms with Gasteiger partial charge in [-0.15, -0.1) is 0 Å². The van der Waals surface area contributed by atoms with Crippen LogP contribution in [0.5, 0.6) is 17.6 Å².